The molecule has 1 saturated heterocycles. The molecule has 1 saturated carbocycles. The van der Waals surface area contributed by atoms with Gasteiger partial charge in [-0.05, 0) is 56.7 Å². The molecule has 7 heteroatoms. The molecular formula is C19H27Cl2N3O2. The standard InChI is InChI=1S/C19H27Cl2N3O2/c20-16-2-1-3-17(18(16)21)24-12-10-23(11-13-24)9-8-14-4-6-15(7-5-14)26-19(22)25/h1-3,14-15H,4-13H2,(H2,22,25)/t14-,15-. The highest BCUT2D eigenvalue weighted by molar-refractivity contribution is 6.43. The molecule has 2 aliphatic rings. The first-order chi connectivity index (χ1) is 12.5. The maximum Gasteiger partial charge on any atom is 0.404 e. The van der Waals surface area contributed by atoms with E-state index in [-0.39, 0.29) is 6.10 Å². The van der Waals surface area contributed by atoms with Gasteiger partial charge in [-0.25, -0.2) is 4.79 Å². The number of hydrogen-bond acceptors (Lipinski definition) is 4. The van der Waals surface area contributed by atoms with Crippen LogP contribution in [0.15, 0.2) is 18.2 Å². The van der Waals surface area contributed by atoms with Crippen LogP contribution in [-0.2, 0) is 4.74 Å². The van der Waals surface area contributed by atoms with Crippen LogP contribution in [0.2, 0.25) is 10.0 Å². The molecule has 0 bridgehead atoms. The van der Waals surface area contributed by atoms with E-state index < -0.39 is 6.09 Å². The Hall–Kier alpha value is -1.17. The van der Waals surface area contributed by atoms with Crippen LogP contribution < -0.4 is 10.6 Å². The molecule has 26 heavy (non-hydrogen) atoms. The molecule has 0 aromatic heterocycles. The van der Waals surface area contributed by atoms with Gasteiger partial charge in [0.2, 0.25) is 0 Å². The number of carbonyl (C=O) groups excluding carboxylic acids is 1. The molecule has 2 N–H and O–H groups in total. The third kappa shape index (κ3) is 5.18. The zero-order chi connectivity index (χ0) is 18.5. The van der Waals surface area contributed by atoms with Crippen LogP contribution in [-0.4, -0.2) is 49.8 Å². The Kier molecular flexibility index (Phi) is 6.90. The Morgan fingerprint density at radius 2 is 1.81 bits per heavy atom. The molecule has 1 heterocycles. The summed E-state index contributed by atoms with van der Waals surface area (Å²) in [6, 6.07) is 5.82. The number of benzene rings is 1. The molecule has 0 spiro atoms. The largest absolute Gasteiger partial charge is 0.446 e. The fourth-order valence-corrected chi connectivity index (χ4v) is 4.43. The Labute approximate surface area is 165 Å². The van der Waals surface area contributed by atoms with Gasteiger partial charge in [0.25, 0.3) is 0 Å². The summed E-state index contributed by atoms with van der Waals surface area (Å²) in [5.74, 6) is 0.725. The molecule has 0 atom stereocenters. The van der Waals surface area contributed by atoms with Gasteiger partial charge in [-0.2, -0.15) is 0 Å². The van der Waals surface area contributed by atoms with Crippen molar-refractivity contribution in [3.8, 4) is 0 Å². The summed E-state index contributed by atoms with van der Waals surface area (Å²) in [6.45, 7) is 5.16. The predicted octanol–water partition coefficient (Wildman–Crippen LogP) is 4.16. The second kappa shape index (κ2) is 9.16. The summed E-state index contributed by atoms with van der Waals surface area (Å²) >= 11 is 12.5. The minimum atomic E-state index is -0.647. The summed E-state index contributed by atoms with van der Waals surface area (Å²) in [4.78, 5) is 15.7. The average Bonchev–Trinajstić information content (AvgIpc) is 2.63. The minimum Gasteiger partial charge on any atom is -0.446 e. The van der Waals surface area contributed by atoms with Gasteiger partial charge in [-0.3, -0.25) is 4.90 Å². The van der Waals surface area contributed by atoms with Crippen molar-refractivity contribution in [2.45, 2.75) is 38.2 Å². The van der Waals surface area contributed by atoms with Gasteiger partial charge in [0, 0.05) is 26.2 Å². The zero-order valence-electron chi connectivity index (χ0n) is 15.0. The molecule has 1 aromatic carbocycles. The molecule has 0 unspecified atom stereocenters. The van der Waals surface area contributed by atoms with Gasteiger partial charge in [0.15, 0.2) is 0 Å². The average molecular weight is 400 g/mol. The molecule has 1 aromatic rings. The predicted molar refractivity (Wildman–Crippen MR) is 106 cm³/mol. The summed E-state index contributed by atoms with van der Waals surface area (Å²) < 4.78 is 5.11. The lowest BCUT2D eigenvalue weighted by molar-refractivity contribution is 0.0679. The van der Waals surface area contributed by atoms with Crippen LogP contribution in [0.1, 0.15) is 32.1 Å². The van der Waals surface area contributed by atoms with Crippen LogP contribution in [0.5, 0.6) is 0 Å². The van der Waals surface area contributed by atoms with Crippen molar-refractivity contribution in [3.05, 3.63) is 28.2 Å². The second-order valence-electron chi connectivity index (χ2n) is 7.27. The number of nitrogens with two attached hydrogens (primary N) is 1. The van der Waals surface area contributed by atoms with Gasteiger partial charge in [-0.1, -0.05) is 29.3 Å². The highest BCUT2D eigenvalue weighted by Gasteiger charge is 2.25. The Morgan fingerprint density at radius 1 is 1.12 bits per heavy atom. The molecule has 1 aliphatic carbocycles. The van der Waals surface area contributed by atoms with E-state index in [0.717, 1.165) is 70.0 Å². The lowest BCUT2D eigenvalue weighted by atomic mass is 9.85. The number of amides is 1. The molecule has 3 rings (SSSR count). The topological polar surface area (TPSA) is 58.8 Å². The number of piperazine rings is 1. The number of hydrogen-bond donors (Lipinski definition) is 1. The van der Waals surface area contributed by atoms with Crippen LogP contribution in [0.25, 0.3) is 0 Å². The Morgan fingerprint density at radius 3 is 2.46 bits per heavy atom. The summed E-state index contributed by atoms with van der Waals surface area (Å²) in [7, 11) is 0. The summed E-state index contributed by atoms with van der Waals surface area (Å²) in [6.07, 6.45) is 4.71. The van der Waals surface area contributed by atoms with Crippen LogP contribution in [0, 0.1) is 5.92 Å². The molecule has 1 amide bonds. The Bertz CT molecular complexity index is 613. The maximum atomic E-state index is 10.8. The lowest BCUT2D eigenvalue weighted by Crippen LogP contribution is -2.47. The normalized spacial score (nSPS) is 24.5. The number of halogens is 2. The highest BCUT2D eigenvalue weighted by atomic mass is 35.5. The van der Waals surface area contributed by atoms with Gasteiger partial charge >= 0.3 is 6.09 Å². The summed E-state index contributed by atoms with van der Waals surface area (Å²) in [5, 5.41) is 1.26. The fourth-order valence-electron chi connectivity index (χ4n) is 4.02. The smallest absolute Gasteiger partial charge is 0.404 e. The molecular weight excluding hydrogens is 373 g/mol. The van der Waals surface area contributed by atoms with Crippen molar-refractivity contribution in [3.63, 3.8) is 0 Å². The van der Waals surface area contributed by atoms with E-state index in [1.54, 1.807) is 0 Å². The molecule has 144 valence electrons. The molecule has 1 aliphatic heterocycles. The van der Waals surface area contributed by atoms with Crippen molar-refractivity contribution in [2.75, 3.05) is 37.6 Å². The number of nitrogens with zero attached hydrogens (tertiary/aromatic N) is 2. The molecule has 2 fully saturated rings. The summed E-state index contributed by atoms with van der Waals surface area (Å²) in [5.41, 5.74) is 6.13. The van der Waals surface area contributed by atoms with E-state index in [0.29, 0.717) is 10.0 Å². The van der Waals surface area contributed by atoms with Gasteiger partial charge < -0.3 is 15.4 Å². The highest BCUT2D eigenvalue weighted by Crippen LogP contribution is 2.33. The number of rotatable bonds is 5. The monoisotopic (exact) mass is 399 g/mol. The SMILES string of the molecule is NC(=O)O[C@H]1CC[C@H](CCN2CCN(c3cccc(Cl)c3Cl)CC2)CC1. The maximum absolute atomic E-state index is 10.8. The van der Waals surface area contributed by atoms with Crippen molar-refractivity contribution >= 4 is 35.0 Å². The van der Waals surface area contributed by atoms with E-state index in [1.165, 1.54) is 6.42 Å². The van der Waals surface area contributed by atoms with E-state index in [2.05, 4.69) is 9.80 Å². The van der Waals surface area contributed by atoms with Crippen molar-refractivity contribution in [1.29, 1.82) is 0 Å². The Balaban J connectivity index is 1.38. The third-order valence-electron chi connectivity index (χ3n) is 5.57. The molecule has 0 radical (unpaired) electrons. The van der Waals surface area contributed by atoms with E-state index in [4.69, 9.17) is 33.7 Å². The number of anilines is 1. The van der Waals surface area contributed by atoms with Gasteiger partial charge in [0.05, 0.1) is 15.7 Å². The van der Waals surface area contributed by atoms with Crippen molar-refractivity contribution in [2.24, 2.45) is 11.7 Å². The number of carbonyl (C=O) groups is 1. The number of ether oxygens (including phenoxy) is 1. The van der Waals surface area contributed by atoms with Crippen molar-refractivity contribution in [1.82, 2.24) is 4.90 Å². The van der Waals surface area contributed by atoms with E-state index >= 15 is 0 Å². The number of primary amides is 1. The first-order valence-electron chi connectivity index (χ1n) is 9.40. The van der Waals surface area contributed by atoms with Crippen LogP contribution in [0.3, 0.4) is 0 Å². The van der Waals surface area contributed by atoms with E-state index in [1.807, 2.05) is 18.2 Å². The first kappa shape index (κ1) is 19.6. The van der Waals surface area contributed by atoms with Crippen LogP contribution >= 0.6 is 23.2 Å². The zero-order valence-corrected chi connectivity index (χ0v) is 16.5. The van der Waals surface area contributed by atoms with Gasteiger partial charge in [0.1, 0.15) is 6.10 Å². The minimum absolute atomic E-state index is 0.0229. The quantitative estimate of drug-likeness (QED) is 0.807. The fraction of sp³-hybridized carbons (Fsp3) is 0.632. The van der Waals surface area contributed by atoms with Gasteiger partial charge in [-0.15, -0.1) is 0 Å². The third-order valence-corrected chi connectivity index (χ3v) is 6.38. The van der Waals surface area contributed by atoms with Crippen molar-refractivity contribution < 1.29 is 9.53 Å². The lowest BCUT2D eigenvalue weighted by Gasteiger charge is -2.37. The second-order valence-corrected chi connectivity index (χ2v) is 8.06. The first-order valence-corrected chi connectivity index (χ1v) is 10.2. The van der Waals surface area contributed by atoms with E-state index in [9.17, 15) is 4.79 Å². The van der Waals surface area contributed by atoms with Crippen LogP contribution in [0.4, 0.5) is 10.5 Å². The molecule has 5 nitrogen and oxygen atoms in total.